The lowest BCUT2D eigenvalue weighted by molar-refractivity contribution is -0.384. The van der Waals surface area contributed by atoms with Crippen LogP contribution in [0.2, 0.25) is 5.02 Å². The van der Waals surface area contributed by atoms with Crippen molar-refractivity contribution in [3.63, 3.8) is 0 Å². The first-order valence-electron chi connectivity index (χ1n) is 8.38. The second-order valence-electron chi connectivity index (χ2n) is 6.63. The molecule has 2 atom stereocenters. The molecule has 0 aliphatic heterocycles. The van der Waals surface area contributed by atoms with E-state index >= 15 is 0 Å². The molecule has 1 aromatic heterocycles. The molecule has 1 aromatic carbocycles. The number of carbonyl (C=O) groups is 1. The average Bonchev–Trinajstić information content (AvgIpc) is 3.23. The van der Waals surface area contributed by atoms with Crippen LogP contribution < -0.4 is 5.32 Å². The molecule has 7 nitrogen and oxygen atoms in total. The molecule has 1 N–H and O–H groups in total. The summed E-state index contributed by atoms with van der Waals surface area (Å²) in [7, 11) is 4.02. The summed E-state index contributed by atoms with van der Waals surface area (Å²) in [5.74, 6) is 0.317. The summed E-state index contributed by atoms with van der Waals surface area (Å²) in [5, 5.41) is 14.0. The molecule has 1 aliphatic carbocycles. The molecule has 26 heavy (non-hydrogen) atoms. The predicted molar refractivity (Wildman–Crippen MR) is 98.4 cm³/mol. The highest BCUT2D eigenvalue weighted by atomic mass is 35.5. The molecule has 8 heteroatoms. The van der Waals surface area contributed by atoms with Crippen LogP contribution in [0.1, 0.15) is 29.8 Å². The third kappa shape index (κ3) is 3.73. The van der Waals surface area contributed by atoms with Crippen molar-refractivity contribution in [1.82, 2.24) is 10.2 Å². The maximum absolute atomic E-state index is 12.5. The predicted octanol–water partition coefficient (Wildman–Crippen LogP) is 3.72. The van der Waals surface area contributed by atoms with Gasteiger partial charge in [0.15, 0.2) is 5.76 Å². The largest absolute Gasteiger partial charge is 0.451 e. The summed E-state index contributed by atoms with van der Waals surface area (Å²) in [4.78, 5) is 24.9. The van der Waals surface area contributed by atoms with Crippen LogP contribution in [0.3, 0.4) is 0 Å². The Balaban J connectivity index is 1.75. The fraction of sp³-hybridized carbons (Fsp3) is 0.389. The summed E-state index contributed by atoms with van der Waals surface area (Å²) in [6, 6.07) is 7.76. The number of nitrogens with zero attached hydrogens (tertiary/aromatic N) is 2. The van der Waals surface area contributed by atoms with Crippen molar-refractivity contribution >= 4 is 23.2 Å². The summed E-state index contributed by atoms with van der Waals surface area (Å²) in [6.45, 7) is 0. The maximum atomic E-state index is 12.5. The molecule has 0 saturated heterocycles. The number of hydrogen-bond donors (Lipinski definition) is 1. The van der Waals surface area contributed by atoms with Gasteiger partial charge in [0.2, 0.25) is 0 Å². The van der Waals surface area contributed by atoms with Gasteiger partial charge >= 0.3 is 0 Å². The number of benzene rings is 1. The zero-order valence-electron chi connectivity index (χ0n) is 14.6. The number of rotatable bonds is 5. The number of likely N-dealkylation sites (N-methyl/N-ethyl adjacent to an activating group) is 1. The third-order valence-electron chi connectivity index (χ3n) is 4.72. The zero-order chi connectivity index (χ0) is 18.8. The Bertz CT molecular complexity index is 834. The van der Waals surface area contributed by atoms with E-state index in [1.165, 1.54) is 18.2 Å². The molecular weight excluding hydrogens is 358 g/mol. The van der Waals surface area contributed by atoms with Crippen molar-refractivity contribution < 1.29 is 14.1 Å². The van der Waals surface area contributed by atoms with Gasteiger partial charge in [0.1, 0.15) is 5.76 Å². The van der Waals surface area contributed by atoms with Gasteiger partial charge in [0.05, 0.1) is 9.95 Å². The van der Waals surface area contributed by atoms with Gasteiger partial charge in [-0.1, -0.05) is 11.6 Å². The van der Waals surface area contributed by atoms with Crippen molar-refractivity contribution in [3.05, 3.63) is 51.2 Å². The number of non-ortho nitro benzene ring substituents is 1. The lowest BCUT2D eigenvalue weighted by atomic mass is 10.1. The Morgan fingerprint density at radius 1 is 1.31 bits per heavy atom. The molecule has 138 valence electrons. The topological polar surface area (TPSA) is 88.6 Å². The molecule has 2 aromatic rings. The summed E-state index contributed by atoms with van der Waals surface area (Å²) >= 11 is 6.12. The second kappa shape index (κ2) is 7.47. The van der Waals surface area contributed by atoms with Gasteiger partial charge in [0.25, 0.3) is 11.6 Å². The Kier molecular flexibility index (Phi) is 5.29. The van der Waals surface area contributed by atoms with E-state index in [4.69, 9.17) is 16.0 Å². The zero-order valence-corrected chi connectivity index (χ0v) is 15.3. The lowest BCUT2D eigenvalue weighted by Crippen LogP contribution is -2.46. The fourth-order valence-corrected chi connectivity index (χ4v) is 3.66. The second-order valence-corrected chi connectivity index (χ2v) is 7.03. The van der Waals surface area contributed by atoms with Crippen LogP contribution in [-0.4, -0.2) is 41.9 Å². The summed E-state index contributed by atoms with van der Waals surface area (Å²) in [6.07, 6.45) is 3.08. The first-order valence-corrected chi connectivity index (χ1v) is 8.76. The van der Waals surface area contributed by atoms with Crippen molar-refractivity contribution in [3.8, 4) is 11.3 Å². The SMILES string of the molecule is CN(C)C1CCCC1NC(=O)c1ccc(-c2ccc([N+](=O)[O-])cc2Cl)o1. The number of halogens is 1. The number of amides is 1. The Labute approximate surface area is 156 Å². The molecule has 0 bridgehead atoms. The van der Waals surface area contributed by atoms with E-state index in [-0.39, 0.29) is 28.4 Å². The minimum atomic E-state index is -0.514. The smallest absolute Gasteiger partial charge is 0.287 e. The normalized spacial score (nSPS) is 19.7. The van der Waals surface area contributed by atoms with Gasteiger partial charge in [-0.3, -0.25) is 14.9 Å². The van der Waals surface area contributed by atoms with E-state index in [0.29, 0.717) is 17.4 Å². The van der Waals surface area contributed by atoms with Gasteiger partial charge in [-0.2, -0.15) is 0 Å². The fourth-order valence-electron chi connectivity index (χ4n) is 3.39. The van der Waals surface area contributed by atoms with Gasteiger partial charge in [-0.25, -0.2) is 0 Å². The van der Waals surface area contributed by atoms with Crippen LogP contribution in [0, 0.1) is 10.1 Å². The van der Waals surface area contributed by atoms with E-state index in [0.717, 1.165) is 19.3 Å². The minimum absolute atomic E-state index is 0.0917. The molecule has 1 fully saturated rings. The molecule has 1 aliphatic rings. The summed E-state index contributed by atoms with van der Waals surface area (Å²) < 4.78 is 5.64. The van der Waals surface area contributed by atoms with E-state index < -0.39 is 4.92 Å². The van der Waals surface area contributed by atoms with Crippen LogP contribution in [0.4, 0.5) is 5.69 Å². The molecule has 0 radical (unpaired) electrons. The molecule has 1 saturated carbocycles. The molecule has 0 spiro atoms. The van der Waals surface area contributed by atoms with Gasteiger partial charge in [-0.15, -0.1) is 0 Å². The van der Waals surface area contributed by atoms with Gasteiger partial charge < -0.3 is 14.6 Å². The van der Waals surface area contributed by atoms with Gasteiger partial charge in [0, 0.05) is 29.8 Å². The monoisotopic (exact) mass is 377 g/mol. The van der Waals surface area contributed by atoms with Crippen LogP contribution in [0.15, 0.2) is 34.7 Å². The molecule has 3 rings (SSSR count). The highest BCUT2D eigenvalue weighted by Crippen LogP contribution is 2.32. The molecule has 1 heterocycles. The van der Waals surface area contributed by atoms with Crippen molar-refractivity contribution in [2.24, 2.45) is 0 Å². The molecular formula is C18H20ClN3O4. The third-order valence-corrected chi connectivity index (χ3v) is 5.03. The van der Waals surface area contributed by atoms with E-state index in [1.807, 2.05) is 14.1 Å². The maximum Gasteiger partial charge on any atom is 0.287 e. The number of carbonyl (C=O) groups excluding carboxylic acids is 1. The Morgan fingerprint density at radius 3 is 2.73 bits per heavy atom. The Hall–Kier alpha value is -2.38. The van der Waals surface area contributed by atoms with Crippen LogP contribution in [0.5, 0.6) is 0 Å². The highest BCUT2D eigenvalue weighted by Gasteiger charge is 2.30. The van der Waals surface area contributed by atoms with Crippen molar-refractivity contribution in [1.29, 1.82) is 0 Å². The standard InChI is InChI=1S/C18H20ClN3O4/c1-21(2)15-5-3-4-14(15)20-18(23)17-9-8-16(26-17)12-7-6-11(22(24)25)10-13(12)19/h6-10,14-15H,3-5H2,1-2H3,(H,20,23). The summed E-state index contributed by atoms with van der Waals surface area (Å²) in [5.41, 5.74) is 0.405. The van der Waals surface area contributed by atoms with Gasteiger partial charge in [-0.05, 0) is 51.6 Å². The van der Waals surface area contributed by atoms with Crippen LogP contribution >= 0.6 is 11.6 Å². The minimum Gasteiger partial charge on any atom is -0.451 e. The Morgan fingerprint density at radius 2 is 2.08 bits per heavy atom. The number of nitro groups is 1. The first-order chi connectivity index (χ1) is 12.4. The first kappa shape index (κ1) is 18.4. The van der Waals surface area contributed by atoms with Crippen molar-refractivity contribution in [2.75, 3.05) is 14.1 Å². The van der Waals surface area contributed by atoms with E-state index in [1.54, 1.807) is 12.1 Å². The highest BCUT2D eigenvalue weighted by molar-refractivity contribution is 6.33. The van der Waals surface area contributed by atoms with E-state index in [2.05, 4.69) is 10.2 Å². The molecule has 1 amide bonds. The number of nitro benzene ring substituents is 1. The number of hydrogen-bond acceptors (Lipinski definition) is 5. The van der Waals surface area contributed by atoms with Crippen molar-refractivity contribution in [2.45, 2.75) is 31.3 Å². The number of nitrogens with one attached hydrogen (secondary N) is 1. The average molecular weight is 378 g/mol. The quantitative estimate of drug-likeness (QED) is 0.633. The van der Waals surface area contributed by atoms with E-state index in [9.17, 15) is 14.9 Å². The molecule has 2 unspecified atom stereocenters. The van der Waals surface area contributed by atoms with Crippen LogP contribution in [0.25, 0.3) is 11.3 Å². The lowest BCUT2D eigenvalue weighted by Gasteiger charge is -2.26. The number of furan rings is 1. The van der Waals surface area contributed by atoms with Crippen LogP contribution in [-0.2, 0) is 0 Å².